The average Bonchev–Trinajstić information content (AvgIpc) is 3.29. The first-order valence-electron chi connectivity index (χ1n) is 13.1. The summed E-state index contributed by atoms with van der Waals surface area (Å²) in [5.41, 5.74) is 1.50. The molecule has 3 aromatic rings. The number of hydrogen-bond donors (Lipinski definition) is 1. The molecule has 2 heterocycles. The molecule has 3 aromatic carbocycles. The van der Waals surface area contributed by atoms with Crippen molar-refractivity contribution in [3.8, 4) is 5.75 Å². The second-order valence-electron chi connectivity index (χ2n) is 11.1. The number of allylic oxidation sites excluding steroid dienone is 2. The molecule has 1 saturated carbocycles. The highest BCUT2D eigenvalue weighted by atomic mass is 35.5. The summed E-state index contributed by atoms with van der Waals surface area (Å²) in [5, 5.41) is 12.8. The number of alkyl halides is 2. The Labute approximate surface area is 239 Å². The molecule has 3 fully saturated rings. The van der Waals surface area contributed by atoms with E-state index in [9.17, 15) is 24.3 Å². The molecule has 7 rings (SSSR count). The normalized spacial score (nSPS) is 33.2. The van der Waals surface area contributed by atoms with Crippen LogP contribution in [0.25, 0.3) is 10.8 Å². The van der Waals surface area contributed by atoms with Crippen molar-refractivity contribution in [2.45, 2.75) is 28.5 Å². The van der Waals surface area contributed by atoms with Crippen molar-refractivity contribution in [3.63, 3.8) is 0 Å². The molecule has 0 spiro atoms. The van der Waals surface area contributed by atoms with Crippen LogP contribution in [0.1, 0.15) is 24.3 Å². The van der Waals surface area contributed by atoms with Crippen LogP contribution in [-0.2, 0) is 19.2 Å². The summed E-state index contributed by atoms with van der Waals surface area (Å²) in [7, 11) is 1.35. The lowest BCUT2D eigenvalue weighted by Gasteiger charge is -2.51. The average molecular weight is 575 g/mol. The first-order chi connectivity index (χ1) is 19.1. The molecule has 1 N–H and O–H groups in total. The van der Waals surface area contributed by atoms with Crippen LogP contribution in [0.15, 0.2) is 78.4 Å². The van der Waals surface area contributed by atoms with E-state index in [-0.39, 0.29) is 30.4 Å². The molecule has 0 bridgehead atoms. The van der Waals surface area contributed by atoms with Crippen molar-refractivity contribution in [2.75, 3.05) is 11.9 Å². The van der Waals surface area contributed by atoms with Crippen LogP contribution in [0.4, 0.5) is 5.69 Å². The lowest BCUT2D eigenvalue weighted by Crippen LogP contribution is -2.60. The van der Waals surface area contributed by atoms with Gasteiger partial charge in [0.2, 0.25) is 11.8 Å². The number of nitrogens with zero attached hydrogens (tertiary/aromatic N) is 2. The Balaban J connectivity index is 1.47. The van der Waals surface area contributed by atoms with Crippen molar-refractivity contribution >= 4 is 63.3 Å². The topological polar surface area (TPSA) is 95.0 Å². The van der Waals surface area contributed by atoms with E-state index in [1.807, 2.05) is 30.3 Å². The first-order valence-corrected chi connectivity index (χ1v) is 13.9. The van der Waals surface area contributed by atoms with Crippen molar-refractivity contribution in [1.82, 2.24) is 4.90 Å². The lowest BCUT2D eigenvalue weighted by molar-refractivity contribution is -0.138. The maximum Gasteiger partial charge on any atom is 0.253 e. The van der Waals surface area contributed by atoms with E-state index in [2.05, 4.69) is 0 Å². The number of likely N-dealkylation sites (tertiary alicyclic amines) is 1. The van der Waals surface area contributed by atoms with Gasteiger partial charge in [-0.2, -0.15) is 0 Å². The first kappa shape index (κ1) is 25.3. The summed E-state index contributed by atoms with van der Waals surface area (Å²) in [6.07, 6.45) is 2.03. The Kier molecular flexibility index (Phi) is 5.32. The molecule has 6 unspecified atom stereocenters. The number of carbonyl (C=O) groups is 4. The number of amides is 4. The van der Waals surface area contributed by atoms with Crippen LogP contribution >= 0.6 is 23.2 Å². The van der Waals surface area contributed by atoms with E-state index < -0.39 is 45.2 Å². The zero-order valence-corrected chi connectivity index (χ0v) is 22.9. The number of phenolic OH excluding ortho intramolecular Hbond substituents is 1. The molecule has 2 saturated heterocycles. The summed E-state index contributed by atoms with van der Waals surface area (Å²) in [5.74, 6) is -5.20. The minimum atomic E-state index is -1.96. The van der Waals surface area contributed by atoms with Crippen molar-refractivity contribution in [1.29, 1.82) is 0 Å². The number of fused-ring (bicyclic) bond motifs is 5. The maximum atomic E-state index is 14.0. The second-order valence-corrected chi connectivity index (χ2v) is 12.3. The number of hydrogen-bond acceptors (Lipinski definition) is 5. The van der Waals surface area contributed by atoms with Crippen molar-refractivity contribution in [2.24, 2.45) is 17.8 Å². The molecule has 40 heavy (non-hydrogen) atoms. The third kappa shape index (κ3) is 2.97. The summed E-state index contributed by atoms with van der Waals surface area (Å²) in [6.45, 7) is 0. The highest BCUT2D eigenvalue weighted by Crippen LogP contribution is 2.66. The predicted molar refractivity (Wildman–Crippen MR) is 150 cm³/mol. The predicted octanol–water partition coefficient (Wildman–Crippen LogP) is 4.74. The van der Waals surface area contributed by atoms with Crippen molar-refractivity contribution < 1.29 is 24.3 Å². The highest BCUT2D eigenvalue weighted by Gasteiger charge is 2.76. The van der Waals surface area contributed by atoms with E-state index in [0.29, 0.717) is 22.2 Å². The molecular formula is C31H24Cl2N2O5. The highest BCUT2D eigenvalue weighted by molar-refractivity contribution is 6.53. The lowest BCUT2D eigenvalue weighted by atomic mass is 9.56. The summed E-state index contributed by atoms with van der Waals surface area (Å²) < 4.78 is 0. The maximum absolute atomic E-state index is 14.0. The van der Waals surface area contributed by atoms with Gasteiger partial charge in [0.15, 0.2) is 9.75 Å². The van der Waals surface area contributed by atoms with Crippen LogP contribution in [0.5, 0.6) is 5.75 Å². The Morgan fingerprint density at radius 1 is 0.850 bits per heavy atom. The molecule has 0 radical (unpaired) electrons. The van der Waals surface area contributed by atoms with E-state index in [1.165, 1.54) is 18.0 Å². The minimum absolute atomic E-state index is 0.0936. The zero-order chi connectivity index (χ0) is 28.1. The monoisotopic (exact) mass is 574 g/mol. The Morgan fingerprint density at radius 2 is 1.55 bits per heavy atom. The Morgan fingerprint density at radius 3 is 2.30 bits per heavy atom. The molecule has 2 aliphatic carbocycles. The van der Waals surface area contributed by atoms with Crippen LogP contribution < -0.4 is 4.90 Å². The fourth-order valence-electron chi connectivity index (χ4n) is 7.48. The fourth-order valence-corrected chi connectivity index (χ4v) is 8.48. The van der Waals surface area contributed by atoms with Crippen LogP contribution in [0.3, 0.4) is 0 Å². The second kappa shape index (κ2) is 8.41. The molecule has 4 aliphatic rings. The van der Waals surface area contributed by atoms with Crippen LogP contribution in [0.2, 0.25) is 0 Å². The van der Waals surface area contributed by atoms with Gasteiger partial charge in [-0.25, -0.2) is 0 Å². The van der Waals surface area contributed by atoms with E-state index >= 15 is 0 Å². The van der Waals surface area contributed by atoms with Crippen molar-refractivity contribution in [3.05, 3.63) is 83.9 Å². The Hall–Kier alpha value is -3.68. The van der Waals surface area contributed by atoms with Gasteiger partial charge in [-0.05, 0) is 47.7 Å². The quantitative estimate of drug-likeness (QED) is 0.271. The SMILES string of the molecule is CN1C(=O)C2(Cl)CC3C(=CCC4C(=O)N(c5ccccc5)C(=O)C43)C(c3c(O)ccc4ccccc34)C2(Cl)C1=O. The van der Waals surface area contributed by atoms with Gasteiger partial charge in [-0.1, -0.05) is 60.2 Å². The van der Waals surface area contributed by atoms with Gasteiger partial charge in [-0.15, -0.1) is 23.2 Å². The number of imide groups is 2. The largest absolute Gasteiger partial charge is 0.508 e. The van der Waals surface area contributed by atoms with Crippen LogP contribution in [0, 0.1) is 17.8 Å². The molecule has 202 valence electrons. The summed E-state index contributed by atoms with van der Waals surface area (Å²) in [6, 6.07) is 19.4. The molecule has 4 amide bonds. The molecule has 7 nitrogen and oxygen atoms in total. The number of benzene rings is 3. The minimum Gasteiger partial charge on any atom is -0.508 e. The van der Waals surface area contributed by atoms with E-state index in [1.54, 1.807) is 36.4 Å². The molecular weight excluding hydrogens is 551 g/mol. The zero-order valence-electron chi connectivity index (χ0n) is 21.4. The van der Waals surface area contributed by atoms with Gasteiger partial charge in [0.05, 0.1) is 17.5 Å². The standard InChI is InChI=1S/C31H24Cl2N2O5/c1-34-28(39)30(32)15-21-19(12-13-20-23(21)27(38)35(26(20)37)17-8-3-2-4-9-17)25(31(30,33)29(34)40)24-18-10-6-5-7-16(18)11-14-22(24)36/h2-12,14,20-21,23,25,36H,13,15H2,1H3. The van der Waals surface area contributed by atoms with Gasteiger partial charge in [-0.3, -0.25) is 29.0 Å². The molecule has 0 aromatic heterocycles. The van der Waals surface area contributed by atoms with Gasteiger partial charge in [0.1, 0.15) is 5.75 Å². The number of aromatic hydroxyl groups is 1. The smallest absolute Gasteiger partial charge is 0.253 e. The third-order valence-electron chi connectivity index (χ3n) is 9.26. The number of para-hydroxylation sites is 1. The number of anilines is 1. The summed E-state index contributed by atoms with van der Waals surface area (Å²) >= 11 is 14.5. The number of carbonyl (C=O) groups excluding carboxylic acids is 4. The van der Waals surface area contributed by atoms with Gasteiger partial charge < -0.3 is 5.11 Å². The molecule has 2 aliphatic heterocycles. The van der Waals surface area contributed by atoms with Gasteiger partial charge >= 0.3 is 0 Å². The van der Waals surface area contributed by atoms with E-state index in [4.69, 9.17) is 23.2 Å². The van der Waals surface area contributed by atoms with Gasteiger partial charge in [0.25, 0.3) is 11.8 Å². The molecule has 9 heteroatoms. The number of phenols is 1. The number of rotatable bonds is 2. The number of halogens is 2. The third-order valence-corrected chi connectivity index (χ3v) is 10.7. The van der Waals surface area contributed by atoms with E-state index in [0.717, 1.165) is 10.3 Å². The molecule has 6 atom stereocenters. The van der Waals surface area contributed by atoms with Gasteiger partial charge in [0, 0.05) is 18.5 Å². The summed E-state index contributed by atoms with van der Waals surface area (Å²) in [4.78, 5) is 53.4. The Bertz CT molecular complexity index is 1690. The fraction of sp³-hybridized carbons (Fsp3) is 0.290. The van der Waals surface area contributed by atoms with Crippen LogP contribution in [-0.4, -0.2) is 50.4 Å².